The van der Waals surface area contributed by atoms with E-state index in [1.165, 1.54) is 6.92 Å². The van der Waals surface area contributed by atoms with Crippen molar-refractivity contribution in [3.63, 3.8) is 0 Å². The molecule has 122 valence electrons. The summed E-state index contributed by atoms with van der Waals surface area (Å²) in [6, 6.07) is -1.57. The van der Waals surface area contributed by atoms with Gasteiger partial charge in [0.05, 0.1) is 6.04 Å². The van der Waals surface area contributed by atoms with E-state index in [0.717, 1.165) is 13.0 Å². The quantitative estimate of drug-likeness (QED) is 0.786. The van der Waals surface area contributed by atoms with Crippen LogP contribution in [0, 0.1) is 0 Å². The van der Waals surface area contributed by atoms with Gasteiger partial charge in [0.25, 0.3) is 5.92 Å². The average Bonchev–Trinajstić information content (AvgIpc) is 2.66. The summed E-state index contributed by atoms with van der Waals surface area (Å²) < 4.78 is 27.3. The third-order valence-electron chi connectivity index (χ3n) is 3.53. The van der Waals surface area contributed by atoms with E-state index in [2.05, 4.69) is 10.6 Å². The minimum absolute atomic E-state index is 0.277. The molecule has 0 saturated carbocycles. The number of nitrogens with one attached hydrogen (secondary N) is 2. The largest absolute Gasteiger partial charge is 0.328 e. The molecule has 0 unspecified atom stereocenters. The van der Waals surface area contributed by atoms with Gasteiger partial charge < -0.3 is 15.5 Å². The fourth-order valence-electron chi connectivity index (χ4n) is 2.35. The number of hydrogen-bond acceptors (Lipinski definition) is 3. The molecule has 21 heavy (non-hydrogen) atoms. The molecule has 1 aliphatic heterocycles. The maximum atomic E-state index is 13.7. The predicted molar refractivity (Wildman–Crippen MR) is 76.5 cm³/mol. The Hall–Kier alpha value is -1.24. The highest BCUT2D eigenvalue weighted by molar-refractivity contribution is 5.86. The van der Waals surface area contributed by atoms with Crippen LogP contribution in [0.4, 0.5) is 13.6 Å². The van der Waals surface area contributed by atoms with E-state index in [0.29, 0.717) is 26.1 Å². The van der Waals surface area contributed by atoms with Crippen molar-refractivity contribution in [2.75, 3.05) is 26.2 Å². The summed E-state index contributed by atoms with van der Waals surface area (Å²) in [5, 5.41) is 5.61. The van der Waals surface area contributed by atoms with Crippen molar-refractivity contribution in [2.45, 2.75) is 51.5 Å². The number of ketones is 1. The first-order valence-electron chi connectivity index (χ1n) is 7.50. The summed E-state index contributed by atoms with van der Waals surface area (Å²) in [6.07, 6.45) is 0.238. The van der Waals surface area contributed by atoms with Gasteiger partial charge in [0, 0.05) is 32.5 Å². The second kappa shape index (κ2) is 8.26. The number of carbonyl (C=O) groups excluding carboxylic acids is 2. The van der Waals surface area contributed by atoms with E-state index in [1.807, 2.05) is 0 Å². The van der Waals surface area contributed by atoms with Gasteiger partial charge in [0.1, 0.15) is 0 Å². The molecule has 0 aliphatic carbocycles. The summed E-state index contributed by atoms with van der Waals surface area (Å²) in [5.74, 6) is -3.37. The van der Waals surface area contributed by atoms with Crippen LogP contribution in [-0.2, 0) is 4.79 Å². The van der Waals surface area contributed by atoms with Crippen molar-refractivity contribution in [2.24, 2.45) is 0 Å². The molecular formula is C14H25F2N3O2. The third-order valence-corrected chi connectivity index (χ3v) is 3.53. The Morgan fingerprint density at radius 1 is 1.33 bits per heavy atom. The predicted octanol–water partition coefficient (Wildman–Crippen LogP) is 1.77. The molecular weight excluding hydrogens is 280 g/mol. The number of Topliss-reactive ketones (excluding diaryl/α,β-unsaturated/α-hetero) is 1. The molecule has 7 heteroatoms. The Balaban J connectivity index is 2.60. The van der Waals surface area contributed by atoms with Crippen LogP contribution in [0.25, 0.3) is 0 Å². The zero-order chi connectivity index (χ0) is 15.9. The first-order chi connectivity index (χ1) is 9.85. The molecule has 0 spiro atoms. The van der Waals surface area contributed by atoms with Crippen molar-refractivity contribution in [3.05, 3.63) is 0 Å². The Morgan fingerprint density at radius 3 is 2.67 bits per heavy atom. The lowest BCUT2D eigenvalue weighted by Crippen LogP contribution is -2.50. The molecule has 2 amide bonds. The minimum Gasteiger partial charge on any atom is -0.328 e. The standard InChI is InChI=1S/C14H25F2N3O2/c1-3-5-14(15,16)10-12(11(2)20)18-13(21)19-8-4-6-17-7-9-19/h12,17H,3-10H2,1-2H3,(H,18,21)/t12-/m0/s1. The third kappa shape index (κ3) is 6.37. The van der Waals surface area contributed by atoms with Crippen LogP contribution in [0.5, 0.6) is 0 Å². The lowest BCUT2D eigenvalue weighted by atomic mass is 10.0. The summed E-state index contributed by atoms with van der Waals surface area (Å²) in [4.78, 5) is 25.2. The highest BCUT2D eigenvalue weighted by Gasteiger charge is 2.34. The number of alkyl halides is 2. The topological polar surface area (TPSA) is 61.4 Å². The molecule has 0 aromatic rings. The number of amides is 2. The van der Waals surface area contributed by atoms with E-state index in [4.69, 9.17) is 0 Å². The summed E-state index contributed by atoms with van der Waals surface area (Å²) >= 11 is 0. The van der Waals surface area contributed by atoms with E-state index < -0.39 is 30.2 Å². The molecule has 0 radical (unpaired) electrons. The first-order valence-corrected chi connectivity index (χ1v) is 7.50. The molecule has 1 atom stereocenters. The van der Waals surface area contributed by atoms with Gasteiger partial charge >= 0.3 is 6.03 Å². The minimum atomic E-state index is -2.93. The Bertz CT molecular complexity index is 356. The zero-order valence-electron chi connectivity index (χ0n) is 12.8. The zero-order valence-corrected chi connectivity index (χ0v) is 12.8. The van der Waals surface area contributed by atoms with Crippen LogP contribution in [0.2, 0.25) is 0 Å². The molecule has 0 bridgehead atoms. The molecule has 0 aromatic heterocycles. The lowest BCUT2D eigenvalue weighted by Gasteiger charge is -2.26. The van der Waals surface area contributed by atoms with Crippen molar-refractivity contribution < 1.29 is 18.4 Å². The van der Waals surface area contributed by atoms with E-state index >= 15 is 0 Å². The average molecular weight is 305 g/mol. The normalized spacial score (nSPS) is 18.0. The molecule has 1 saturated heterocycles. The van der Waals surface area contributed by atoms with Crippen LogP contribution in [-0.4, -0.2) is 54.9 Å². The molecule has 1 heterocycles. The molecule has 0 aromatic carbocycles. The van der Waals surface area contributed by atoms with E-state index in [9.17, 15) is 18.4 Å². The van der Waals surface area contributed by atoms with Gasteiger partial charge in [0.15, 0.2) is 5.78 Å². The van der Waals surface area contributed by atoms with Gasteiger partial charge in [-0.2, -0.15) is 0 Å². The van der Waals surface area contributed by atoms with Crippen molar-refractivity contribution in [1.29, 1.82) is 0 Å². The maximum Gasteiger partial charge on any atom is 0.318 e. The molecule has 1 rings (SSSR count). The Labute approximate surface area is 124 Å². The summed E-state index contributed by atoms with van der Waals surface area (Å²) in [6.45, 7) is 5.48. The Morgan fingerprint density at radius 2 is 2.05 bits per heavy atom. The number of urea groups is 1. The second-order valence-electron chi connectivity index (χ2n) is 5.51. The Kier molecular flexibility index (Phi) is 7.01. The van der Waals surface area contributed by atoms with Crippen LogP contribution >= 0.6 is 0 Å². The smallest absolute Gasteiger partial charge is 0.318 e. The SMILES string of the molecule is CCCC(F)(F)C[C@H](NC(=O)N1CCCNCC1)C(C)=O. The van der Waals surface area contributed by atoms with Gasteiger partial charge in [-0.1, -0.05) is 13.3 Å². The molecule has 5 nitrogen and oxygen atoms in total. The van der Waals surface area contributed by atoms with Crippen molar-refractivity contribution >= 4 is 11.8 Å². The first kappa shape index (κ1) is 17.8. The molecule has 2 N–H and O–H groups in total. The van der Waals surface area contributed by atoms with Gasteiger partial charge in [-0.25, -0.2) is 13.6 Å². The molecule has 1 fully saturated rings. The fourth-order valence-corrected chi connectivity index (χ4v) is 2.35. The van der Waals surface area contributed by atoms with Gasteiger partial charge in [0.2, 0.25) is 0 Å². The number of carbonyl (C=O) groups is 2. The number of hydrogen-bond donors (Lipinski definition) is 2. The summed E-state index contributed by atoms with van der Waals surface area (Å²) in [7, 11) is 0. The van der Waals surface area contributed by atoms with Crippen LogP contribution < -0.4 is 10.6 Å². The van der Waals surface area contributed by atoms with Crippen molar-refractivity contribution in [3.8, 4) is 0 Å². The number of halogens is 2. The monoisotopic (exact) mass is 305 g/mol. The maximum absolute atomic E-state index is 13.7. The highest BCUT2D eigenvalue weighted by atomic mass is 19.3. The van der Waals surface area contributed by atoms with Gasteiger partial charge in [-0.05, 0) is 19.9 Å². The van der Waals surface area contributed by atoms with E-state index in [1.54, 1.807) is 11.8 Å². The van der Waals surface area contributed by atoms with Crippen LogP contribution in [0.15, 0.2) is 0 Å². The highest BCUT2D eigenvalue weighted by Crippen LogP contribution is 2.26. The van der Waals surface area contributed by atoms with E-state index in [-0.39, 0.29) is 6.42 Å². The number of rotatable bonds is 6. The van der Waals surface area contributed by atoms with Gasteiger partial charge in [-0.3, -0.25) is 4.79 Å². The lowest BCUT2D eigenvalue weighted by molar-refractivity contribution is -0.121. The van der Waals surface area contributed by atoms with Crippen LogP contribution in [0.3, 0.4) is 0 Å². The molecule has 1 aliphatic rings. The fraction of sp³-hybridized carbons (Fsp3) is 0.857. The van der Waals surface area contributed by atoms with Crippen LogP contribution in [0.1, 0.15) is 39.5 Å². The summed E-state index contributed by atoms with van der Waals surface area (Å²) in [5.41, 5.74) is 0. The van der Waals surface area contributed by atoms with Gasteiger partial charge in [-0.15, -0.1) is 0 Å². The van der Waals surface area contributed by atoms with Crippen molar-refractivity contribution in [1.82, 2.24) is 15.5 Å². The number of nitrogens with zero attached hydrogens (tertiary/aromatic N) is 1. The second-order valence-corrected chi connectivity index (χ2v) is 5.51.